The molecule has 0 aromatic heterocycles. The third-order valence-corrected chi connectivity index (χ3v) is 4.00. The summed E-state index contributed by atoms with van der Waals surface area (Å²) < 4.78 is 10.5. The van der Waals surface area contributed by atoms with Crippen molar-refractivity contribution in [2.75, 3.05) is 13.7 Å². The second-order valence-electron chi connectivity index (χ2n) is 5.00. The third kappa shape index (κ3) is 3.66. The highest BCUT2D eigenvalue weighted by Crippen LogP contribution is 2.35. The van der Waals surface area contributed by atoms with Crippen molar-refractivity contribution in [1.82, 2.24) is 4.90 Å². The van der Waals surface area contributed by atoms with Crippen molar-refractivity contribution in [1.29, 1.82) is 5.26 Å². The molecule has 1 heterocycles. The first-order valence-electron chi connectivity index (χ1n) is 6.92. The van der Waals surface area contributed by atoms with Gasteiger partial charge in [0.15, 0.2) is 18.1 Å². The van der Waals surface area contributed by atoms with Crippen LogP contribution in [0, 0.1) is 11.3 Å². The lowest BCUT2D eigenvalue weighted by Gasteiger charge is -2.16. The van der Waals surface area contributed by atoms with Crippen molar-refractivity contribution in [3.63, 3.8) is 0 Å². The van der Waals surface area contributed by atoms with Crippen molar-refractivity contribution in [3.05, 3.63) is 28.7 Å². The Labute approximate surface area is 138 Å². The minimum atomic E-state index is -0.293. The second-order valence-corrected chi connectivity index (χ2v) is 6.00. The number of nitrogens with zero attached hydrogens (tertiary/aromatic N) is 2. The van der Waals surface area contributed by atoms with E-state index in [9.17, 15) is 9.59 Å². The lowest BCUT2D eigenvalue weighted by atomic mass is 10.2. The van der Waals surface area contributed by atoms with Crippen LogP contribution < -0.4 is 9.47 Å². The fraction of sp³-hybridized carbons (Fsp3) is 0.312. The van der Waals surface area contributed by atoms with Crippen molar-refractivity contribution < 1.29 is 19.1 Å². The molecule has 1 fully saturated rings. The molecule has 2 amide bonds. The molecule has 0 bridgehead atoms. The Morgan fingerprint density at radius 2 is 2.09 bits per heavy atom. The Morgan fingerprint density at radius 1 is 1.35 bits per heavy atom. The number of methoxy groups -OCH3 is 1. The molecule has 1 aromatic carbocycles. The minimum Gasteiger partial charge on any atom is -0.493 e. The van der Waals surface area contributed by atoms with Gasteiger partial charge in [-0.1, -0.05) is 6.07 Å². The van der Waals surface area contributed by atoms with Crippen LogP contribution in [0.5, 0.6) is 11.5 Å². The van der Waals surface area contributed by atoms with Crippen LogP contribution in [0.1, 0.15) is 19.4 Å². The van der Waals surface area contributed by atoms with Crippen LogP contribution in [0.3, 0.4) is 0 Å². The monoisotopic (exact) mass is 332 g/mol. The zero-order valence-electron chi connectivity index (χ0n) is 13.0. The number of thioether (sulfide) groups is 1. The van der Waals surface area contributed by atoms with Crippen LogP contribution in [0.25, 0.3) is 6.08 Å². The summed E-state index contributed by atoms with van der Waals surface area (Å²) in [5.74, 6) is 0.609. The highest BCUT2D eigenvalue weighted by Gasteiger charge is 2.36. The van der Waals surface area contributed by atoms with Gasteiger partial charge < -0.3 is 9.47 Å². The van der Waals surface area contributed by atoms with Crippen LogP contribution in [-0.2, 0) is 4.79 Å². The zero-order chi connectivity index (χ0) is 17.0. The number of hydrogen-bond donors (Lipinski definition) is 0. The summed E-state index contributed by atoms with van der Waals surface area (Å²) in [6.07, 6.45) is 1.64. The Balaban J connectivity index is 2.28. The Kier molecular flexibility index (Phi) is 5.29. The molecule has 0 aliphatic carbocycles. The van der Waals surface area contributed by atoms with Crippen molar-refractivity contribution in [3.8, 4) is 17.6 Å². The Morgan fingerprint density at radius 3 is 2.65 bits per heavy atom. The molecule has 7 heteroatoms. The van der Waals surface area contributed by atoms with Gasteiger partial charge in [0.05, 0.1) is 12.0 Å². The van der Waals surface area contributed by atoms with Gasteiger partial charge in [0.2, 0.25) is 0 Å². The highest BCUT2D eigenvalue weighted by molar-refractivity contribution is 8.18. The van der Waals surface area contributed by atoms with E-state index in [2.05, 4.69) is 0 Å². The quantitative estimate of drug-likeness (QED) is 0.771. The molecule has 6 nitrogen and oxygen atoms in total. The number of hydrogen-bond acceptors (Lipinski definition) is 6. The normalized spacial score (nSPS) is 16.1. The van der Waals surface area contributed by atoms with Gasteiger partial charge in [0, 0.05) is 6.04 Å². The number of carbonyl (C=O) groups excluding carboxylic acids is 2. The maximum absolute atomic E-state index is 12.2. The van der Waals surface area contributed by atoms with E-state index in [4.69, 9.17) is 14.7 Å². The van der Waals surface area contributed by atoms with Gasteiger partial charge in [0.1, 0.15) is 6.07 Å². The van der Waals surface area contributed by atoms with E-state index in [0.29, 0.717) is 22.0 Å². The van der Waals surface area contributed by atoms with Crippen molar-refractivity contribution in [2.24, 2.45) is 0 Å². The van der Waals surface area contributed by atoms with Gasteiger partial charge in [-0.2, -0.15) is 5.26 Å². The number of rotatable bonds is 5. The molecular weight excluding hydrogens is 316 g/mol. The molecule has 1 aliphatic heterocycles. The fourth-order valence-corrected chi connectivity index (χ4v) is 3.04. The third-order valence-electron chi connectivity index (χ3n) is 3.12. The SMILES string of the molecule is COc1cc(/C=C2\SC(=O)N(C(C)C)C2=O)ccc1OCC#N. The van der Waals surface area contributed by atoms with Crippen LogP contribution in [0.15, 0.2) is 23.1 Å². The van der Waals surface area contributed by atoms with E-state index < -0.39 is 0 Å². The molecular formula is C16H16N2O4S. The van der Waals surface area contributed by atoms with Crippen molar-refractivity contribution in [2.45, 2.75) is 19.9 Å². The average Bonchev–Trinajstić information content (AvgIpc) is 2.79. The topological polar surface area (TPSA) is 79.6 Å². The number of nitriles is 1. The first-order valence-corrected chi connectivity index (χ1v) is 7.74. The van der Waals surface area contributed by atoms with E-state index in [1.807, 2.05) is 6.07 Å². The highest BCUT2D eigenvalue weighted by atomic mass is 32.2. The largest absolute Gasteiger partial charge is 0.493 e. The van der Waals surface area contributed by atoms with Crippen LogP contribution in [0.2, 0.25) is 0 Å². The minimum absolute atomic E-state index is 0.0804. The molecule has 1 aliphatic rings. The summed E-state index contributed by atoms with van der Waals surface area (Å²) in [5.41, 5.74) is 0.709. The summed E-state index contributed by atoms with van der Waals surface area (Å²) in [6, 6.07) is 6.80. The molecule has 1 aromatic rings. The number of ether oxygens (including phenoxy) is 2. The lowest BCUT2D eigenvalue weighted by Crippen LogP contribution is -2.34. The standard InChI is InChI=1S/C16H16N2O4S/c1-10(2)18-15(19)14(23-16(18)20)9-11-4-5-12(22-7-6-17)13(8-11)21-3/h4-5,8-10H,7H2,1-3H3/b14-9-. The molecule has 0 radical (unpaired) electrons. The first kappa shape index (κ1) is 16.9. The summed E-state index contributed by atoms with van der Waals surface area (Å²) >= 11 is 0.920. The summed E-state index contributed by atoms with van der Waals surface area (Å²) in [6.45, 7) is 3.51. The predicted molar refractivity (Wildman–Crippen MR) is 87.0 cm³/mol. The Hall–Kier alpha value is -2.46. The van der Waals surface area contributed by atoms with Crippen LogP contribution in [-0.4, -0.2) is 35.8 Å². The van der Waals surface area contributed by atoms with E-state index in [1.54, 1.807) is 38.1 Å². The molecule has 0 unspecified atom stereocenters. The number of carbonyl (C=O) groups is 2. The van der Waals surface area contributed by atoms with Crippen LogP contribution in [0.4, 0.5) is 4.79 Å². The summed E-state index contributed by atoms with van der Waals surface area (Å²) in [4.78, 5) is 25.7. The number of imide groups is 1. The molecule has 0 spiro atoms. The van der Waals surface area contributed by atoms with Crippen LogP contribution >= 0.6 is 11.8 Å². The van der Waals surface area contributed by atoms with Gasteiger partial charge in [-0.15, -0.1) is 0 Å². The maximum Gasteiger partial charge on any atom is 0.293 e. The number of benzene rings is 1. The molecule has 0 N–H and O–H groups in total. The van der Waals surface area contributed by atoms with E-state index >= 15 is 0 Å². The van der Waals surface area contributed by atoms with Crippen molar-refractivity contribution >= 4 is 29.0 Å². The average molecular weight is 332 g/mol. The smallest absolute Gasteiger partial charge is 0.293 e. The summed E-state index contributed by atoms with van der Waals surface area (Å²) in [5, 5.41) is 8.29. The molecule has 1 saturated heterocycles. The Bertz CT molecular complexity index is 707. The van der Waals surface area contributed by atoms with Gasteiger partial charge in [0.25, 0.3) is 11.1 Å². The molecule has 2 rings (SSSR count). The molecule has 23 heavy (non-hydrogen) atoms. The molecule has 0 saturated carbocycles. The predicted octanol–water partition coefficient (Wildman–Crippen LogP) is 3.04. The second kappa shape index (κ2) is 7.20. The van der Waals surface area contributed by atoms with Gasteiger partial charge in [-0.05, 0) is 49.4 Å². The van der Waals surface area contributed by atoms with E-state index in [0.717, 1.165) is 11.8 Å². The molecule has 0 atom stereocenters. The fourth-order valence-electron chi connectivity index (χ4n) is 2.08. The molecule has 120 valence electrons. The lowest BCUT2D eigenvalue weighted by molar-refractivity contribution is -0.123. The number of amides is 2. The van der Waals surface area contributed by atoms with E-state index in [1.165, 1.54) is 12.0 Å². The van der Waals surface area contributed by atoms with Gasteiger partial charge in [-0.3, -0.25) is 14.5 Å². The van der Waals surface area contributed by atoms with Gasteiger partial charge >= 0.3 is 0 Å². The van der Waals surface area contributed by atoms with Gasteiger partial charge in [-0.25, -0.2) is 0 Å². The zero-order valence-corrected chi connectivity index (χ0v) is 13.8. The summed E-state index contributed by atoms with van der Waals surface area (Å²) in [7, 11) is 1.49. The maximum atomic E-state index is 12.2. The van der Waals surface area contributed by atoms with E-state index in [-0.39, 0.29) is 23.8 Å². The first-order chi connectivity index (χ1) is 11.0.